The van der Waals surface area contributed by atoms with Crippen LogP contribution in [-0.2, 0) is 12.8 Å². The molecule has 0 N–H and O–H groups in total. The van der Waals surface area contributed by atoms with Crippen LogP contribution in [0.15, 0.2) is 97.1 Å². The number of allylic oxidation sites excluding steroid dienone is 8. The van der Waals surface area contributed by atoms with E-state index >= 15 is 0 Å². The van der Waals surface area contributed by atoms with E-state index in [9.17, 15) is 0 Å². The summed E-state index contributed by atoms with van der Waals surface area (Å²) in [5.74, 6) is 0.680. The molecule has 0 heteroatoms. The highest BCUT2D eigenvalue weighted by Crippen LogP contribution is 2.24. The van der Waals surface area contributed by atoms with Gasteiger partial charge < -0.3 is 0 Å². The van der Waals surface area contributed by atoms with Gasteiger partial charge in [0.2, 0.25) is 0 Å². The van der Waals surface area contributed by atoms with E-state index in [1.165, 1.54) is 35.1 Å². The first kappa shape index (κ1) is 21.7. The molecule has 0 saturated carbocycles. The average Bonchev–Trinajstić information content (AvgIpc) is 2.74. The minimum absolute atomic E-state index is 0.680. The molecular formula is C28H34. The molecule has 1 aliphatic rings. The molecule has 2 aromatic rings. The van der Waals surface area contributed by atoms with Crippen molar-refractivity contribution >= 4 is 5.57 Å². The van der Waals surface area contributed by atoms with Gasteiger partial charge >= 0.3 is 0 Å². The molecule has 0 aromatic heterocycles. The molecule has 0 amide bonds. The van der Waals surface area contributed by atoms with Crippen molar-refractivity contribution in [2.24, 2.45) is 5.92 Å². The van der Waals surface area contributed by atoms with Crippen LogP contribution in [0.5, 0.6) is 0 Å². The van der Waals surface area contributed by atoms with Crippen molar-refractivity contribution in [1.82, 2.24) is 0 Å². The standard InChI is InChI=1S/C19H22.C9H12/c1-3-4-5-6-7-17-10-14-19(15-11-17)18-12-8-16(2)9-13-18;1-2-6-9-7-4-3-5-8-9/h3-6,8,10-16H,7,9H2,1-2H3;3-5,7-8H,2,6H2,1H3/b4-3-,6-5-;. The molecule has 3 rings (SSSR count). The van der Waals surface area contributed by atoms with Crippen LogP contribution in [0.25, 0.3) is 5.57 Å². The van der Waals surface area contributed by atoms with E-state index in [0.717, 1.165) is 12.8 Å². The van der Waals surface area contributed by atoms with Crippen LogP contribution in [0.2, 0.25) is 0 Å². The van der Waals surface area contributed by atoms with E-state index in [0.29, 0.717) is 5.92 Å². The van der Waals surface area contributed by atoms with Crippen molar-refractivity contribution in [3.05, 3.63) is 114 Å². The lowest BCUT2D eigenvalue weighted by atomic mass is 9.93. The third-order valence-corrected chi connectivity index (χ3v) is 4.78. The topological polar surface area (TPSA) is 0 Å². The fraction of sp³-hybridized carbons (Fsp3) is 0.286. The van der Waals surface area contributed by atoms with Crippen LogP contribution in [0.4, 0.5) is 0 Å². The summed E-state index contributed by atoms with van der Waals surface area (Å²) in [5, 5.41) is 0. The van der Waals surface area contributed by atoms with Crippen LogP contribution < -0.4 is 0 Å². The van der Waals surface area contributed by atoms with Gasteiger partial charge in [0, 0.05) is 0 Å². The van der Waals surface area contributed by atoms with Crippen molar-refractivity contribution < 1.29 is 0 Å². The van der Waals surface area contributed by atoms with E-state index in [4.69, 9.17) is 0 Å². The molecule has 0 bridgehead atoms. The smallest absolute Gasteiger partial charge is 0.00943 e. The van der Waals surface area contributed by atoms with Crippen LogP contribution in [-0.4, -0.2) is 0 Å². The SMILES string of the molecule is C/C=C\C=C/Cc1ccc(C2=CCC(C)C=C2)cc1.CCCc1ccccc1. The third-order valence-electron chi connectivity index (χ3n) is 4.78. The summed E-state index contributed by atoms with van der Waals surface area (Å²) in [4.78, 5) is 0. The highest BCUT2D eigenvalue weighted by Gasteiger charge is 2.05. The Morgan fingerprint density at radius 1 is 0.929 bits per heavy atom. The molecule has 146 valence electrons. The molecule has 2 aromatic carbocycles. The van der Waals surface area contributed by atoms with Gasteiger partial charge in [-0.3, -0.25) is 0 Å². The highest BCUT2D eigenvalue weighted by molar-refractivity contribution is 5.74. The molecule has 28 heavy (non-hydrogen) atoms. The number of hydrogen-bond acceptors (Lipinski definition) is 0. The Balaban J connectivity index is 0.000000261. The van der Waals surface area contributed by atoms with Crippen molar-refractivity contribution in [2.75, 3.05) is 0 Å². The normalized spacial score (nSPS) is 16.1. The minimum atomic E-state index is 0.680. The lowest BCUT2D eigenvalue weighted by molar-refractivity contribution is 0.739. The Kier molecular flexibility index (Phi) is 9.86. The zero-order chi connectivity index (χ0) is 20.0. The van der Waals surface area contributed by atoms with Crippen molar-refractivity contribution in [2.45, 2.75) is 46.5 Å². The lowest BCUT2D eigenvalue weighted by Gasteiger charge is -2.12. The molecule has 0 spiro atoms. The van der Waals surface area contributed by atoms with E-state index in [2.05, 4.69) is 105 Å². The zero-order valence-electron chi connectivity index (χ0n) is 17.6. The predicted molar refractivity (Wildman–Crippen MR) is 125 cm³/mol. The molecule has 0 aliphatic heterocycles. The van der Waals surface area contributed by atoms with Crippen LogP contribution >= 0.6 is 0 Å². The minimum Gasteiger partial charge on any atom is -0.0877 e. The first-order valence-electron chi connectivity index (χ1n) is 10.5. The maximum absolute atomic E-state index is 2.34. The number of rotatable bonds is 6. The molecule has 1 aliphatic carbocycles. The van der Waals surface area contributed by atoms with Crippen LogP contribution in [0.3, 0.4) is 0 Å². The molecule has 1 atom stereocenters. The molecular weight excluding hydrogens is 336 g/mol. The number of aryl methyl sites for hydroxylation is 1. The van der Waals surface area contributed by atoms with Gasteiger partial charge in [0.05, 0.1) is 0 Å². The molecule has 0 saturated heterocycles. The molecule has 0 fully saturated rings. The summed E-state index contributed by atoms with van der Waals surface area (Å²) in [7, 11) is 0. The largest absolute Gasteiger partial charge is 0.0877 e. The second-order valence-electron chi connectivity index (χ2n) is 7.32. The molecule has 0 radical (unpaired) electrons. The second-order valence-corrected chi connectivity index (χ2v) is 7.32. The lowest BCUT2D eigenvalue weighted by Crippen LogP contribution is -1.94. The van der Waals surface area contributed by atoms with E-state index in [-0.39, 0.29) is 0 Å². The Bertz CT molecular complexity index is 786. The Morgan fingerprint density at radius 3 is 2.29 bits per heavy atom. The summed E-state index contributed by atoms with van der Waals surface area (Å²) in [6.07, 6.45) is 19.9. The van der Waals surface area contributed by atoms with Crippen molar-refractivity contribution in [3.8, 4) is 0 Å². The maximum atomic E-state index is 2.34. The fourth-order valence-corrected chi connectivity index (χ4v) is 3.10. The van der Waals surface area contributed by atoms with E-state index < -0.39 is 0 Å². The first-order chi connectivity index (χ1) is 13.7. The van der Waals surface area contributed by atoms with E-state index in [1.54, 1.807) is 0 Å². The van der Waals surface area contributed by atoms with Gasteiger partial charge in [-0.25, -0.2) is 0 Å². The second kappa shape index (κ2) is 12.7. The van der Waals surface area contributed by atoms with Gasteiger partial charge in [-0.05, 0) is 54.4 Å². The third kappa shape index (κ3) is 7.96. The Hall–Kier alpha value is -2.60. The predicted octanol–water partition coefficient (Wildman–Crippen LogP) is 7.98. The van der Waals surface area contributed by atoms with Crippen molar-refractivity contribution in [3.63, 3.8) is 0 Å². The Morgan fingerprint density at radius 2 is 1.68 bits per heavy atom. The van der Waals surface area contributed by atoms with Gasteiger partial charge in [0.25, 0.3) is 0 Å². The summed E-state index contributed by atoms with van der Waals surface area (Å²) in [6.45, 7) is 6.49. The maximum Gasteiger partial charge on any atom is -0.00943 e. The first-order valence-corrected chi connectivity index (χ1v) is 10.5. The number of benzene rings is 2. The Labute approximate surface area is 172 Å². The summed E-state index contributed by atoms with van der Waals surface area (Å²) < 4.78 is 0. The monoisotopic (exact) mass is 370 g/mol. The average molecular weight is 371 g/mol. The van der Waals surface area contributed by atoms with Gasteiger partial charge in [-0.2, -0.15) is 0 Å². The van der Waals surface area contributed by atoms with E-state index in [1.807, 2.05) is 13.0 Å². The zero-order valence-corrected chi connectivity index (χ0v) is 17.6. The van der Waals surface area contributed by atoms with Crippen LogP contribution in [0.1, 0.15) is 50.3 Å². The van der Waals surface area contributed by atoms with Gasteiger partial charge in [-0.15, -0.1) is 0 Å². The van der Waals surface area contributed by atoms with Gasteiger partial charge in [0.15, 0.2) is 0 Å². The number of hydrogen-bond donors (Lipinski definition) is 0. The summed E-state index contributed by atoms with van der Waals surface area (Å²) in [5.41, 5.74) is 5.48. The van der Waals surface area contributed by atoms with Gasteiger partial charge in [0.1, 0.15) is 0 Å². The summed E-state index contributed by atoms with van der Waals surface area (Å²) in [6, 6.07) is 19.5. The van der Waals surface area contributed by atoms with Gasteiger partial charge in [-0.1, -0.05) is 117 Å². The molecule has 0 nitrogen and oxygen atoms in total. The quantitative estimate of drug-likeness (QED) is 0.452. The van der Waals surface area contributed by atoms with Crippen molar-refractivity contribution in [1.29, 1.82) is 0 Å². The highest BCUT2D eigenvalue weighted by atomic mass is 14.1. The molecule has 1 unspecified atom stereocenters. The van der Waals surface area contributed by atoms with Crippen LogP contribution in [0, 0.1) is 5.92 Å². The summed E-state index contributed by atoms with van der Waals surface area (Å²) >= 11 is 0. The molecule has 0 heterocycles. The fourth-order valence-electron chi connectivity index (χ4n) is 3.10.